The van der Waals surface area contributed by atoms with E-state index in [0.717, 1.165) is 9.80 Å². The summed E-state index contributed by atoms with van der Waals surface area (Å²) in [5.41, 5.74) is 0.929. The van der Waals surface area contributed by atoms with Gasteiger partial charge in [-0.25, -0.2) is 4.90 Å². The highest BCUT2D eigenvalue weighted by Gasteiger charge is 2.29. The lowest BCUT2D eigenvalue weighted by Gasteiger charge is -2.21. The zero-order valence-electron chi connectivity index (χ0n) is 10.9. The van der Waals surface area contributed by atoms with Gasteiger partial charge in [-0.15, -0.1) is 0 Å². The maximum atomic E-state index is 11.8. The first-order chi connectivity index (χ1) is 10.1. The first-order valence-electron chi connectivity index (χ1n) is 6.25. The zero-order valence-corrected chi connectivity index (χ0v) is 10.9. The summed E-state index contributed by atoms with van der Waals surface area (Å²) in [6.07, 6.45) is 4.76. The van der Waals surface area contributed by atoms with Crippen LogP contribution in [0.1, 0.15) is 5.56 Å². The van der Waals surface area contributed by atoms with Crippen molar-refractivity contribution in [2.45, 2.75) is 6.54 Å². The molecule has 2 heterocycles. The second kappa shape index (κ2) is 4.82. The third-order valence-electron chi connectivity index (χ3n) is 3.27. The van der Waals surface area contributed by atoms with Gasteiger partial charge in [0.25, 0.3) is 23.6 Å². The summed E-state index contributed by atoms with van der Waals surface area (Å²) >= 11 is 0. The molecule has 1 aromatic rings. The van der Waals surface area contributed by atoms with Crippen LogP contribution >= 0.6 is 0 Å². The van der Waals surface area contributed by atoms with Gasteiger partial charge in [-0.3, -0.25) is 24.1 Å². The monoisotopic (exact) mass is 282 g/mol. The molecular weight excluding hydrogens is 272 g/mol. The molecule has 1 aromatic carbocycles. The predicted molar refractivity (Wildman–Crippen MR) is 72.8 cm³/mol. The number of hydrogen-bond donors (Lipinski definition) is 0. The van der Waals surface area contributed by atoms with E-state index in [0.29, 0.717) is 11.3 Å². The van der Waals surface area contributed by atoms with E-state index in [1.165, 1.54) is 24.3 Å². The van der Waals surface area contributed by atoms with Crippen LogP contribution in [-0.4, -0.2) is 28.5 Å². The van der Waals surface area contributed by atoms with Crippen LogP contribution in [0.25, 0.3) is 0 Å². The maximum absolute atomic E-state index is 11.8. The van der Waals surface area contributed by atoms with Crippen molar-refractivity contribution in [3.8, 4) is 0 Å². The number of para-hydroxylation sites is 1. The molecule has 0 aliphatic carbocycles. The number of anilines is 1. The highest BCUT2D eigenvalue weighted by atomic mass is 16.2. The minimum absolute atomic E-state index is 0.0118. The van der Waals surface area contributed by atoms with Crippen LogP contribution in [-0.2, 0) is 25.7 Å². The molecule has 6 heteroatoms. The molecule has 2 aliphatic heterocycles. The van der Waals surface area contributed by atoms with Crippen molar-refractivity contribution in [3.63, 3.8) is 0 Å². The smallest absolute Gasteiger partial charge is 0.258 e. The Balaban J connectivity index is 1.94. The summed E-state index contributed by atoms with van der Waals surface area (Å²) in [7, 11) is 0. The second-order valence-electron chi connectivity index (χ2n) is 4.57. The minimum atomic E-state index is -0.440. The Morgan fingerprint density at radius 1 is 0.714 bits per heavy atom. The van der Waals surface area contributed by atoms with Gasteiger partial charge < -0.3 is 0 Å². The lowest BCUT2D eigenvalue weighted by Crippen LogP contribution is -2.33. The lowest BCUT2D eigenvalue weighted by atomic mass is 10.1. The minimum Gasteiger partial charge on any atom is -0.271 e. The van der Waals surface area contributed by atoms with E-state index in [9.17, 15) is 19.2 Å². The Labute approximate surface area is 119 Å². The lowest BCUT2D eigenvalue weighted by molar-refractivity contribution is -0.137. The normalized spacial score (nSPS) is 17.5. The molecule has 0 spiro atoms. The van der Waals surface area contributed by atoms with E-state index in [1.54, 1.807) is 24.3 Å². The fourth-order valence-electron chi connectivity index (χ4n) is 2.26. The molecule has 0 radical (unpaired) electrons. The molecule has 0 aromatic heterocycles. The van der Waals surface area contributed by atoms with Gasteiger partial charge in [0.2, 0.25) is 0 Å². The van der Waals surface area contributed by atoms with Crippen LogP contribution in [0.3, 0.4) is 0 Å². The summed E-state index contributed by atoms with van der Waals surface area (Å²) in [5, 5.41) is 0. The number of carbonyl (C=O) groups excluding carboxylic acids is 4. The molecule has 4 amide bonds. The molecule has 2 aliphatic rings. The van der Waals surface area contributed by atoms with E-state index < -0.39 is 23.6 Å². The molecule has 0 atom stereocenters. The maximum Gasteiger partial charge on any atom is 0.258 e. The van der Waals surface area contributed by atoms with Crippen LogP contribution < -0.4 is 4.90 Å². The molecular formula is C15H10N2O4. The fourth-order valence-corrected chi connectivity index (χ4v) is 2.26. The highest BCUT2D eigenvalue weighted by Crippen LogP contribution is 2.25. The zero-order chi connectivity index (χ0) is 15.0. The molecule has 0 unspecified atom stereocenters. The number of nitrogens with zero attached hydrogens (tertiary/aromatic N) is 2. The number of imide groups is 2. The third kappa shape index (κ3) is 2.16. The summed E-state index contributed by atoms with van der Waals surface area (Å²) in [6.45, 7) is 0.0118. The summed E-state index contributed by atoms with van der Waals surface area (Å²) in [5.74, 6) is -1.70. The van der Waals surface area contributed by atoms with Crippen molar-refractivity contribution in [1.82, 2.24) is 4.90 Å². The van der Waals surface area contributed by atoms with E-state index >= 15 is 0 Å². The van der Waals surface area contributed by atoms with Crippen LogP contribution in [0, 0.1) is 0 Å². The topological polar surface area (TPSA) is 74.8 Å². The van der Waals surface area contributed by atoms with E-state index in [4.69, 9.17) is 0 Å². The van der Waals surface area contributed by atoms with Crippen molar-refractivity contribution in [2.24, 2.45) is 0 Å². The van der Waals surface area contributed by atoms with Crippen molar-refractivity contribution in [3.05, 3.63) is 54.1 Å². The van der Waals surface area contributed by atoms with Gasteiger partial charge >= 0.3 is 0 Å². The summed E-state index contributed by atoms with van der Waals surface area (Å²) in [4.78, 5) is 48.8. The van der Waals surface area contributed by atoms with Crippen molar-refractivity contribution in [1.29, 1.82) is 0 Å². The van der Waals surface area contributed by atoms with Crippen LogP contribution in [0.4, 0.5) is 5.69 Å². The van der Waals surface area contributed by atoms with Crippen molar-refractivity contribution >= 4 is 29.3 Å². The number of hydrogen-bond acceptors (Lipinski definition) is 4. The Bertz CT molecular complexity index is 697. The number of amides is 4. The van der Waals surface area contributed by atoms with Crippen LogP contribution in [0.2, 0.25) is 0 Å². The molecule has 6 nitrogen and oxygen atoms in total. The number of rotatable bonds is 3. The SMILES string of the molecule is O=C1C=CC(=O)N1Cc1ccccc1N1C(=O)C=CC1=O. The van der Waals surface area contributed by atoms with Gasteiger partial charge in [0.15, 0.2) is 0 Å². The molecule has 104 valence electrons. The largest absolute Gasteiger partial charge is 0.271 e. The van der Waals surface area contributed by atoms with Crippen molar-refractivity contribution < 1.29 is 19.2 Å². The molecule has 0 saturated heterocycles. The first kappa shape index (κ1) is 13.0. The van der Waals surface area contributed by atoms with Crippen LogP contribution in [0.5, 0.6) is 0 Å². The Kier molecular flexibility index (Phi) is 2.98. The average Bonchev–Trinajstić information content (AvgIpc) is 2.96. The van der Waals surface area contributed by atoms with Gasteiger partial charge in [0.1, 0.15) is 0 Å². The Morgan fingerprint density at radius 3 is 1.86 bits per heavy atom. The third-order valence-corrected chi connectivity index (χ3v) is 3.27. The summed E-state index contributed by atoms with van der Waals surface area (Å²) in [6, 6.07) is 6.68. The van der Waals surface area contributed by atoms with Gasteiger partial charge in [-0.05, 0) is 11.6 Å². The van der Waals surface area contributed by atoms with Gasteiger partial charge in [-0.2, -0.15) is 0 Å². The van der Waals surface area contributed by atoms with Gasteiger partial charge in [0.05, 0.1) is 12.2 Å². The van der Waals surface area contributed by atoms with E-state index in [1.807, 2.05) is 0 Å². The second-order valence-corrected chi connectivity index (χ2v) is 4.57. The molecule has 0 bridgehead atoms. The van der Waals surface area contributed by atoms with Crippen LogP contribution in [0.15, 0.2) is 48.6 Å². The molecule has 0 N–H and O–H groups in total. The number of benzene rings is 1. The predicted octanol–water partition coefficient (Wildman–Crippen LogP) is 0.541. The summed E-state index contributed by atoms with van der Waals surface area (Å²) < 4.78 is 0. The fraction of sp³-hybridized carbons (Fsp3) is 0.0667. The molecule has 0 saturated carbocycles. The molecule has 21 heavy (non-hydrogen) atoms. The average molecular weight is 282 g/mol. The first-order valence-corrected chi connectivity index (χ1v) is 6.25. The van der Waals surface area contributed by atoms with Crippen molar-refractivity contribution in [2.75, 3.05) is 4.90 Å². The standard InChI is InChI=1S/C15H10N2O4/c18-12-5-6-13(19)16(12)9-10-3-1-2-4-11(10)17-14(20)7-8-15(17)21/h1-8H,9H2. The number of carbonyl (C=O) groups is 4. The molecule has 3 rings (SSSR count). The van der Waals surface area contributed by atoms with Gasteiger partial charge in [0, 0.05) is 24.3 Å². The Morgan fingerprint density at radius 2 is 1.24 bits per heavy atom. The molecule has 0 fully saturated rings. The quantitative estimate of drug-likeness (QED) is 0.758. The van der Waals surface area contributed by atoms with Gasteiger partial charge in [-0.1, -0.05) is 18.2 Å². The van der Waals surface area contributed by atoms with E-state index in [2.05, 4.69) is 0 Å². The van der Waals surface area contributed by atoms with E-state index in [-0.39, 0.29) is 6.54 Å². The highest BCUT2D eigenvalue weighted by molar-refractivity contribution is 6.28. The Hall–Kier alpha value is -3.02.